The molecule has 0 aliphatic carbocycles. The summed E-state index contributed by atoms with van der Waals surface area (Å²) in [4.78, 5) is 5.63. The van der Waals surface area contributed by atoms with Crippen molar-refractivity contribution >= 4 is 17.0 Å². The molecule has 1 saturated heterocycles. The Morgan fingerprint density at radius 2 is 2.11 bits per heavy atom. The number of allylic oxidation sites excluding steroid dienone is 1. The minimum atomic E-state index is 0.321. The van der Waals surface area contributed by atoms with E-state index in [4.69, 9.17) is 9.47 Å². The number of aromatic nitrogens is 1. The first-order valence-electron chi connectivity index (χ1n) is 6.64. The highest BCUT2D eigenvalue weighted by molar-refractivity contribution is 5.91. The molecule has 0 unspecified atom stereocenters. The van der Waals surface area contributed by atoms with Crippen molar-refractivity contribution in [2.75, 3.05) is 20.4 Å². The number of likely N-dealkylation sites (tertiary alicyclic amines) is 1. The minimum absolute atomic E-state index is 0.321. The molecule has 19 heavy (non-hydrogen) atoms. The van der Waals surface area contributed by atoms with Crippen LogP contribution in [0.4, 0.5) is 0 Å². The molecule has 0 saturated carbocycles. The molecular formula is C15H16N2O2. The molecule has 0 radical (unpaired) electrons. The first kappa shape index (κ1) is 10.8. The van der Waals surface area contributed by atoms with Gasteiger partial charge in [0.25, 0.3) is 0 Å². The van der Waals surface area contributed by atoms with Crippen LogP contribution in [0.15, 0.2) is 24.0 Å². The lowest BCUT2D eigenvalue weighted by molar-refractivity contribution is 0.174. The van der Waals surface area contributed by atoms with Crippen LogP contribution in [0.1, 0.15) is 18.4 Å². The van der Waals surface area contributed by atoms with Gasteiger partial charge in [-0.3, -0.25) is 0 Å². The fourth-order valence-corrected chi connectivity index (χ4v) is 2.85. The summed E-state index contributed by atoms with van der Waals surface area (Å²) in [5.41, 5.74) is 3.72. The number of hydrogen-bond acceptors (Lipinski definition) is 3. The molecule has 4 nitrogen and oxygen atoms in total. The zero-order valence-electron chi connectivity index (χ0n) is 10.9. The molecule has 1 aromatic heterocycles. The number of ether oxygens (including phenoxy) is 2. The maximum absolute atomic E-state index is 5.45. The number of rotatable bonds is 1. The molecule has 1 fully saturated rings. The van der Waals surface area contributed by atoms with Gasteiger partial charge in [-0.2, -0.15) is 0 Å². The fourth-order valence-electron chi connectivity index (χ4n) is 2.85. The largest absolute Gasteiger partial charge is 0.454 e. The van der Waals surface area contributed by atoms with Gasteiger partial charge >= 0.3 is 0 Å². The Balaban J connectivity index is 1.82. The third kappa shape index (κ3) is 1.67. The summed E-state index contributed by atoms with van der Waals surface area (Å²) in [7, 11) is 2.16. The van der Waals surface area contributed by atoms with E-state index in [9.17, 15) is 0 Å². The monoisotopic (exact) mass is 256 g/mol. The van der Waals surface area contributed by atoms with Crippen LogP contribution in [-0.4, -0.2) is 30.3 Å². The summed E-state index contributed by atoms with van der Waals surface area (Å²) in [5, 5.41) is 1.19. The van der Waals surface area contributed by atoms with Gasteiger partial charge in [0.05, 0.1) is 0 Å². The van der Waals surface area contributed by atoms with Crippen molar-refractivity contribution in [1.29, 1.82) is 0 Å². The van der Waals surface area contributed by atoms with Gasteiger partial charge in [0.15, 0.2) is 11.5 Å². The molecule has 3 heterocycles. The number of hydrogen-bond donors (Lipinski definition) is 1. The SMILES string of the molecule is CN1CCCC1=Cc1c[nH]c2cc3c(cc12)OCO3. The zero-order chi connectivity index (χ0) is 12.8. The van der Waals surface area contributed by atoms with E-state index in [1.807, 2.05) is 6.07 Å². The van der Waals surface area contributed by atoms with Gasteiger partial charge in [-0.25, -0.2) is 0 Å². The van der Waals surface area contributed by atoms with E-state index in [2.05, 4.69) is 35.3 Å². The van der Waals surface area contributed by atoms with Crippen LogP contribution >= 0.6 is 0 Å². The minimum Gasteiger partial charge on any atom is -0.454 e. The third-order valence-corrected chi connectivity index (χ3v) is 3.95. The molecule has 0 spiro atoms. The van der Waals surface area contributed by atoms with Crippen molar-refractivity contribution in [3.8, 4) is 11.5 Å². The van der Waals surface area contributed by atoms with E-state index in [0.717, 1.165) is 30.0 Å². The summed E-state index contributed by atoms with van der Waals surface area (Å²) in [5.74, 6) is 1.66. The molecule has 2 aromatic rings. The molecule has 4 rings (SSSR count). The number of benzene rings is 1. The van der Waals surface area contributed by atoms with Gasteiger partial charge in [0, 0.05) is 48.0 Å². The second kappa shape index (κ2) is 3.95. The van der Waals surface area contributed by atoms with Gasteiger partial charge in [-0.05, 0) is 25.0 Å². The van der Waals surface area contributed by atoms with E-state index in [1.165, 1.54) is 23.1 Å². The second-order valence-corrected chi connectivity index (χ2v) is 5.16. The van der Waals surface area contributed by atoms with Crippen LogP contribution in [0.5, 0.6) is 11.5 Å². The van der Waals surface area contributed by atoms with Crippen LogP contribution in [0.25, 0.3) is 17.0 Å². The first-order chi connectivity index (χ1) is 9.31. The number of fused-ring (bicyclic) bond motifs is 2. The van der Waals surface area contributed by atoms with Crippen LogP contribution in [0.2, 0.25) is 0 Å². The van der Waals surface area contributed by atoms with Crippen molar-refractivity contribution in [1.82, 2.24) is 9.88 Å². The number of H-pyrrole nitrogens is 1. The Morgan fingerprint density at radius 3 is 2.89 bits per heavy atom. The molecule has 2 aliphatic rings. The molecule has 0 amide bonds. The first-order valence-corrected chi connectivity index (χ1v) is 6.64. The van der Waals surface area contributed by atoms with E-state index < -0.39 is 0 Å². The number of nitrogens with zero attached hydrogens (tertiary/aromatic N) is 1. The van der Waals surface area contributed by atoms with E-state index >= 15 is 0 Å². The van der Waals surface area contributed by atoms with Crippen molar-refractivity contribution < 1.29 is 9.47 Å². The topological polar surface area (TPSA) is 37.5 Å². The molecule has 1 aromatic carbocycles. The predicted molar refractivity (Wildman–Crippen MR) is 74.3 cm³/mol. The Bertz CT molecular complexity index is 672. The lowest BCUT2D eigenvalue weighted by Crippen LogP contribution is -2.09. The summed E-state index contributed by atoms with van der Waals surface area (Å²) in [6.45, 7) is 1.47. The van der Waals surface area contributed by atoms with Crippen molar-refractivity contribution in [3.05, 3.63) is 29.6 Å². The van der Waals surface area contributed by atoms with Gasteiger partial charge in [0.2, 0.25) is 6.79 Å². The number of nitrogens with one attached hydrogen (secondary N) is 1. The maximum Gasteiger partial charge on any atom is 0.231 e. The quantitative estimate of drug-likeness (QED) is 0.852. The second-order valence-electron chi connectivity index (χ2n) is 5.16. The molecule has 0 atom stereocenters. The fraction of sp³-hybridized carbons (Fsp3) is 0.333. The average Bonchev–Trinajstić information content (AvgIpc) is 3.09. The van der Waals surface area contributed by atoms with Crippen LogP contribution in [-0.2, 0) is 0 Å². The Kier molecular flexibility index (Phi) is 2.24. The summed E-state index contributed by atoms with van der Waals surface area (Å²) in [6.07, 6.45) is 6.73. The van der Waals surface area contributed by atoms with E-state index in [1.54, 1.807) is 0 Å². The Morgan fingerprint density at radius 1 is 1.26 bits per heavy atom. The van der Waals surface area contributed by atoms with Gasteiger partial charge in [-0.15, -0.1) is 0 Å². The van der Waals surface area contributed by atoms with Crippen LogP contribution in [0.3, 0.4) is 0 Å². The molecular weight excluding hydrogens is 240 g/mol. The predicted octanol–water partition coefficient (Wildman–Crippen LogP) is 2.96. The zero-order valence-corrected chi connectivity index (χ0v) is 10.9. The van der Waals surface area contributed by atoms with Crippen LogP contribution < -0.4 is 9.47 Å². The Labute approximate surface area is 111 Å². The van der Waals surface area contributed by atoms with Gasteiger partial charge in [0.1, 0.15) is 0 Å². The van der Waals surface area contributed by atoms with Gasteiger partial charge < -0.3 is 19.4 Å². The summed E-state index contributed by atoms with van der Waals surface area (Å²) in [6, 6.07) is 4.08. The molecule has 4 heteroatoms. The molecule has 2 aliphatic heterocycles. The lowest BCUT2D eigenvalue weighted by Gasteiger charge is -2.11. The highest BCUT2D eigenvalue weighted by Gasteiger charge is 2.17. The van der Waals surface area contributed by atoms with Crippen molar-refractivity contribution in [2.45, 2.75) is 12.8 Å². The molecule has 98 valence electrons. The highest BCUT2D eigenvalue weighted by Crippen LogP contribution is 2.37. The maximum atomic E-state index is 5.45. The lowest BCUT2D eigenvalue weighted by atomic mass is 10.1. The molecule has 1 N–H and O–H groups in total. The highest BCUT2D eigenvalue weighted by atomic mass is 16.7. The standard InChI is InChI=1S/C15H16N2O2/c1-17-4-2-3-11(17)5-10-8-16-13-7-15-14(6-12(10)13)18-9-19-15/h5-8,16H,2-4,9H2,1H3. The number of aromatic amines is 1. The van der Waals surface area contributed by atoms with Gasteiger partial charge in [-0.1, -0.05) is 0 Å². The summed E-state index contributed by atoms with van der Waals surface area (Å²) < 4.78 is 10.9. The normalized spacial score (nSPS) is 19.8. The summed E-state index contributed by atoms with van der Waals surface area (Å²) >= 11 is 0. The smallest absolute Gasteiger partial charge is 0.231 e. The van der Waals surface area contributed by atoms with E-state index in [-0.39, 0.29) is 0 Å². The van der Waals surface area contributed by atoms with Crippen LogP contribution in [0, 0.1) is 0 Å². The molecule has 0 bridgehead atoms. The third-order valence-electron chi connectivity index (χ3n) is 3.95. The van der Waals surface area contributed by atoms with Crippen molar-refractivity contribution in [2.24, 2.45) is 0 Å². The van der Waals surface area contributed by atoms with Crippen molar-refractivity contribution in [3.63, 3.8) is 0 Å². The average molecular weight is 256 g/mol. The Hall–Kier alpha value is -2.10. The van der Waals surface area contributed by atoms with E-state index in [0.29, 0.717) is 6.79 Å².